The standard InChI is InChI=1S/C14H18O/c15-14(8-10-4-5-10)13-7-6-11-2-1-3-12(11)9-13/h6-7,9-10,14-15H,1-5,8H2. The van der Waals surface area contributed by atoms with Crippen LogP contribution in [0.2, 0.25) is 0 Å². The van der Waals surface area contributed by atoms with E-state index in [2.05, 4.69) is 18.2 Å². The van der Waals surface area contributed by atoms with Crippen LogP contribution in [-0.2, 0) is 12.8 Å². The summed E-state index contributed by atoms with van der Waals surface area (Å²) < 4.78 is 0. The van der Waals surface area contributed by atoms with Gasteiger partial charge in [0, 0.05) is 0 Å². The zero-order valence-electron chi connectivity index (χ0n) is 9.08. The molecule has 2 aliphatic rings. The number of aryl methyl sites for hydroxylation is 2. The van der Waals surface area contributed by atoms with Gasteiger partial charge in [0.15, 0.2) is 0 Å². The Morgan fingerprint density at radius 2 is 2.00 bits per heavy atom. The summed E-state index contributed by atoms with van der Waals surface area (Å²) in [5.41, 5.74) is 4.11. The number of fused-ring (bicyclic) bond motifs is 1. The average molecular weight is 202 g/mol. The minimum Gasteiger partial charge on any atom is -0.388 e. The van der Waals surface area contributed by atoms with E-state index in [9.17, 15) is 5.11 Å². The molecule has 0 bridgehead atoms. The summed E-state index contributed by atoms with van der Waals surface area (Å²) in [6, 6.07) is 6.57. The molecule has 1 unspecified atom stereocenters. The van der Waals surface area contributed by atoms with Crippen molar-refractivity contribution in [1.82, 2.24) is 0 Å². The molecule has 1 heteroatoms. The van der Waals surface area contributed by atoms with Crippen molar-refractivity contribution in [2.24, 2.45) is 5.92 Å². The molecule has 0 aliphatic heterocycles. The lowest BCUT2D eigenvalue weighted by Crippen LogP contribution is -1.99. The monoisotopic (exact) mass is 202 g/mol. The van der Waals surface area contributed by atoms with Gasteiger partial charge in [0.25, 0.3) is 0 Å². The smallest absolute Gasteiger partial charge is 0.0792 e. The van der Waals surface area contributed by atoms with Crippen molar-refractivity contribution in [2.75, 3.05) is 0 Å². The highest BCUT2D eigenvalue weighted by molar-refractivity contribution is 5.36. The Hall–Kier alpha value is -0.820. The van der Waals surface area contributed by atoms with Crippen molar-refractivity contribution in [3.8, 4) is 0 Å². The Morgan fingerprint density at radius 3 is 2.80 bits per heavy atom. The third kappa shape index (κ3) is 1.93. The van der Waals surface area contributed by atoms with Gasteiger partial charge in [0.05, 0.1) is 6.10 Å². The van der Waals surface area contributed by atoms with Crippen LogP contribution in [-0.4, -0.2) is 5.11 Å². The largest absolute Gasteiger partial charge is 0.388 e. The molecule has 1 nitrogen and oxygen atoms in total. The van der Waals surface area contributed by atoms with Gasteiger partial charge in [-0.2, -0.15) is 0 Å². The molecule has 0 heterocycles. The highest BCUT2D eigenvalue weighted by Crippen LogP contribution is 2.38. The molecule has 0 radical (unpaired) electrons. The van der Waals surface area contributed by atoms with Gasteiger partial charge in [0.2, 0.25) is 0 Å². The fourth-order valence-electron chi connectivity index (χ4n) is 2.60. The molecule has 15 heavy (non-hydrogen) atoms. The van der Waals surface area contributed by atoms with Crippen molar-refractivity contribution in [1.29, 1.82) is 0 Å². The minimum absolute atomic E-state index is 0.219. The number of hydrogen-bond donors (Lipinski definition) is 1. The van der Waals surface area contributed by atoms with Gasteiger partial charge >= 0.3 is 0 Å². The summed E-state index contributed by atoms with van der Waals surface area (Å²) in [6.45, 7) is 0. The number of rotatable bonds is 3. The predicted octanol–water partition coefficient (Wildman–Crippen LogP) is 3.01. The van der Waals surface area contributed by atoms with Crippen LogP contribution < -0.4 is 0 Å². The molecule has 1 aromatic carbocycles. The first-order valence-corrected chi connectivity index (χ1v) is 6.13. The second-order valence-corrected chi connectivity index (χ2v) is 5.08. The second-order valence-electron chi connectivity index (χ2n) is 5.08. The van der Waals surface area contributed by atoms with Crippen molar-refractivity contribution in [3.63, 3.8) is 0 Å². The molecule has 1 saturated carbocycles. The summed E-state index contributed by atoms with van der Waals surface area (Å²) in [5.74, 6) is 0.799. The molecule has 0 aromatic heterocycles. The first kappa shape index (κ1) is 9.41. The van der Waals surface area contributed by atoms with Crippen molar-refractivity contribution in [2.45, 2.75) is 44.6 Å². The van der Waals surface area contributed by atoms with E-state index in [1.807, 2.05) is 0 Å². The van der Waals surface area contributed by atoms with E-state index in [0.29, 0.717) is 0 Å². The maximum Gasteiger partial charge on any atom is 0.0792 e. The summed E-state index contributed by atoms with van der Waals surface area (Å²) in [4.78, 5) is 0. The van der Waals surface area contributed by atoms with E-state index in [0.717, 1.165) is 17.9 Å². The van der Waals surface area contributed by atoms with Crippen molar-refractivity contribution >= 4 is 0 Å². The third-order valence-corrected chi connectivity index (χ3v) is 3.76. The highest BCUT2D eigenvalue weighted by atomic mass is 16.3. The lowest BCUT2D eigenvalue weighted by atomic mass is 9.99. The van der Waals surface area contributed by atoms with Crippen LogP contribution >= 0.6 is 0 Å². The second kappa shape index (κ2) is 3.64. The predicted molar refractivity (Wildman–Crippen MR) is 60.8 cm³/mol. The summed E-state index contributed by atoms with van der Waals surface area (Å²) in [6.07, 6.45) is 7.12. The van der Waals surface area contributed by atoms with Crippen molar-refractivity contribution in [3.05, 3.63) is 34.9 Å². The molecule has 0 saturated heterocycles. The number of aliphatic hydroxyl groups excluding tert-OH is 1. The SMILES string of the molecule is OC(CC1CC1)c1ccc2c(c1)CCC2. The van der Waals surface area contributed by atoms with Crippen LogP contribution in [0.1, 0.15) is 48.5 Å². The normalized spacial score (nSPS) is 21.4. The molecule has 0 amide bonds. The molecular weight excluding hydrogens is 184 g/mol. The molecule has 1 aromatic rings. The Morgan fingerprint density at radius 1 is 1.20 bits per heavy atom. The van der Waals surface area contributed by atoms with Gasteiger partial charge in [-0.25, -0.2) is 0 Å². The van der Waals surface area contributed by atoms with Crippen LogP contribution in [0.25, 0.3) is 0 Å². The van der Waals surface area contributed by atoms with Gasteiger partial charge in [-0.1, -0.05) is 31.0 Å². The summed E-state index contributed by atoms with van der Waals surface area (Å²) >= 11 is 0. The van der Waals surface area contributed by atoms with Gasteiger partial charge in [0.1, 0.15) is 0 Å². The molecule has 3 rings (SSSR count). The molecule has 0 spiro atoms. The van der Waals surface area contributed by atoms with Crippen LogP contribution in [0.4, 0.5) is 0 Å². The lowest BCUT2D eigenvalue weighted by molar-refractivity contribution is 0.160. The average Bonchev–Trinajstić information content (AvgIpc) is 2.94. The van der Waals surface area contributed by atoms with E-state index >= 15 is 0 Å². The van der Waals surface area contributed by atoms with Gasteiger partial charge in [-0.3, -0.25) is 0 Å². The summed E-state index contributed by atoms with van der Waals surface area (Å²) in [5, 5.41) is 10.1. The maximum atomic E-state index is 10.1. The zero-order valence-corrected chi connectivity index (χ0v) is 9.08. The summed E-state index contributed by atoms with van der Waals surface area (Å²) in [7, 11) is 0. The minimum atomic E-state index is -0.219. The first-order valence-electron chi connectivity index (χ1n) is 6.13. The van der Waals surface area contributed by atoms with E-state index in [4.69, 9.17) is 0 Å². The molecule has 1 N–H and O–H groups in total. The van der Waals surface area contributed by atoms with Crippen LogP contribution in [0.3, 0.4) is 0 Å². The Balaban J connectivity index is 1.78. The van der Waals surface area contributed by atoms with Gasteiger partial charge < -0.3 is 5.11 Å². The molecule has 1 atom stereocenters. The highest BCUT2D eigenvalue weighted by Gasteiger charge is 2.25. The number of aliphatic hydroxyl groups is 1. The quantitative estimate of drug-likeness (QED) is 0.798. The number of hydrogen-bond acceptors (Lipinski definition) is 1. The van der Waals surface area contributed by atoms with Crippen LogP contribution in [0.5, 0.6) is 0 Å². The van der Waals surface area contributed by atoms with E-state index in [1.54, 1.807) is 0 Å². The molecular formula is C14H18O. The van der Waals surface area contributed by atoms with Crippen LogP contribution in [0.15, 0.2) is 18.2 Å². The van der Waals surface area contributed by atoms with E-state index < -0.39 is 0 Å². The van der Waals surface area contributed by atoms with Gasteiger partial charge in [-0.05, 0) is 48.3 Å². The van der Waals surface area contributed by atoms with Crippen LogP contribution in [0, 0.1) is 5.92 Å². The first-order chi connectivity index (χ1) is 7.33. The van der Waals surface area contributed by atoms with Crippen molar-refractivity contribution < 1.29 is 5.11 Å². The zero-order chi connectivity index (χ0) is 10.3. The topological polar surface area (TPSA) is 20.2 Å². The Labute approximate surface area is 91.1 Å². The lowest BCUT2D eigenvalue weighted by Gasteiger charge is -2.11. The Bertz CT molecular complexity index is 366. The van der Waals surface area contributed by atoms with E-state index in [1.165, 1.54) is 43.2 Å². The fourth-order valence-corrected chi connectivity index (χ4v) is 2.60. The number of benzene rings is 1. The third-order valence-electron chi connectivity index (χ3n) is 3.76. The Kier molecular flexibility index (Phi) is 2.28. The fraction of sp³-hybridized carbons (Fsp3) is 0.571. The maximum absolute atomic E-state index is 10.1. The molecule has 80 valence electrons. The van der Waals surface area contributed by atoms with Gasteiger partial charge in [-0.15, -0.1) is 0 Å². The van der Waals surface area contributed by atoms with E-state index in [-0.39, 0.29) is 6.10 Å². The molecule has 2 aliphatic carbocycles. The molecule has 1 fully saturated rings.